The molecule has 5 heteroatoms. The molecule has 1 aromatic rings. The molecule has 132 valence electrons. The van der Waals surface area contributed by atoms with Crippen LogP contribution in [0.3, 0.4) is 0 Å². The van der Waals surface area contributed by atoms with Gasteiger partial charge in [0.2, 0.25) is 5.91 Å². The molecule has 0 radical (unpaired) electrons. The van der Waals surface area contributed by atoms with Gasteiger partial charge in [-0.2, -0.15) is 0 Å². The first-order chi connectivity index (χ1) is 11.7. The fraction of sp³-hybridized carbons (Fsp3) is 0.632. The van der Waals surface area contributed by atoms with Gasteiger partial charge in [-0.25, -0.2) is 0 Å². The zero-order valence-electron chi connectivity index (χ0n) is 14.2. The van der Waals surface area contributed by atoms with E-state index in [0.717, 1.165) is 31.6 Å². The zero-order valence-corrected chi connectivity index (χ0v) is 14.2. The minimum absolute atomic E-state index is 0.0804. The molecule has 1 N–H and O–H groups in total. The number of benzene rings is 1. The smallest absolute Gasteiger partial charge is 0.223 e. The molecule has 0 saturated carbocycles. The average Bonchev–Trinajstić information content (AvgIpc) is 2.63. The van der Waals surface area contributed by atoms with Crippen LogP contribution < -0.4 is 0 Å². The number of aliphatic hydroxyl groups is 1. The Labute approximate surface area is 143 Å². The van der Waals surface area contributed by atoms with Gasteiger partial charge in [-0.3, -0.25) is 4.79 Å². The Bertz CT molecular complexity index is 529. The van der Waals surface area contributed by atoms with E-state index in [-0.39, 0.29) is 12.5 Å². The number of aliphatic hydroxyl groups excluding tert-OH is 1. The Morgan fingerprint density at radius 2 is 1.96 bits per heavy atom. The molecule has 0 bridgehead atoms. The second-order valence-corrected chi connectivity index (χ2v) is 6.93. The number of rotatable bonds is 5. The summed E-state index contributed by atoms with van der Waals surface area (Å²) in [7, 11) is 0. The van der Waals surface area contributed by atoms with Crippen LogP contribution in [0.4, 0.5) is 0 Å². The van der Waals surface area contributed by atoms with E-state index >= 15 is 0 Å². The first kappa shape index (κ1) is 17.4. The number of nitrogens with zero attached hydrogens (tertiary/aromatic N) is 1. The topological polar surface area (TPSA) is 59.0 Å². The third-order valence-corrected chi connectivity index (χ3v) is 5.06. The van der Waals surface area contributed by atoms with Crippen LogP contribution in [0.5, 0.6) is 0 Å². The van der Waals surface area contributed by atoms with Crippen molar-refractivity contribution in [3.8, 4) is 0 Å². The lowest BCUT2D eigenvalue weighted by molar-refractivity contribution is -0.159. The number of hydrogen-bond donors (Lipinski definition) is 1. The van der Waals surface area contributed by atoms with Gasteiger partial charge in [0.25, 0.3) is 0 Å². The fourth-order valence-electron chi connectivity index (χ4n) is 3.61. The molecule has 5 nitrogen and oxygen atoms in total. The van der Waals surface area contributed by atoms with Crippen LogP contribution in [0.2, 0.25) is 0 Å². The summed E-state index contributed by atoms with van der Waals surface area (Å²) in [5.74, 6) is 0.600. The molecule has 2 fully saturated rings. The monoisotopic (exact) mass is 333 g/mol. The standard InChI is InChI=1S/C19H27NO4/c21-15-19(13-17-4-2-1-3-5-17)14-20(8-11-24-19)18(22)12-16-6-9-23-10-7-16/h1-5,16,21H,6-15H2. The highest BCUT2D eigenvalue weighted by atomic mass is 16.5. The van der Waals surface area contributed by atoms with Crippen molar-refractivity contribution in [3.63, 3.8) is 0 Å². The molecule has 1 aromatic carbocycles. The number of morpholine rings is 1. The quantitative estimate of drug-likeness (QED) is 0.890. The summed E-state index contributed by atoms with van der Waals surface area (Å²) < 4.78 is 11.3. The van der Waals surface area contributed by atoms with E-state index in [0.29, 0.717) is 38.5 Å². The molecule has 0 aliphatic carbocycles. The first-order valence-corrected chi connectivity index (χ1v) is 8.85. The van der Waals surface area contributed by atoms with Crippen LogP contribution in [0, 0.1) is 5.92 Å². The van der Waals surface area contributed by atoms with Crippen LogP contribution in [-0.4, -0.2) is 61.0 Å². The molecule has 3 rings (SSSR count). The fourth-order valence-corrected chi connectivity index (χ4v) is 3.61. The van der Waals surface area contributed by atoms with E-state index in [1.165, 1.54) is 0 Å². The molecule has 1 unspecified atom stereocenters. The van der Waals surface area contributed by atoms with Crippen molar-refractivity contribution in [2.75, 3.05) is 39.5 Å². The zero-order chi connectivity index (χ0) is 16.8. The van der Waals surface area contributed by atoms with Gasteiger partial charge in [-0.05, 0) is 24.3 Å². The van der Waals surface area contributed by atoms with Crippen molar-refractivity contribution >= 4 is 5.91 Å². The van der Waals surface area contributed by atoms with Crippen molar-refractivity contribution in [3.05, 3.63) is 35.9 Å². The SMILES string of the molecule is O=C(CC1CCOCC1)N1CCOC(CO)(Cc2ccccc2)C1. The molecule has 2 aliphatic rings. The maximum atomic E-state index is 12.7. The largest absolute Gasteiger partial charge is 0.393 e. The number of carbonyl (C=O) groups is 1. The maximum Gasteiger partial charge on any atom is 0.223 e. The van der Waals surface area contributed by atoms with Crippen LogP contribution in [0.25, 0.3) is 0 Å². The summed E-state index contributed by atoms with van der Waals surface area (Å²) in [4.78, 5) is 14.5. The van der Waals surface area contributed by atoms with Crippen molar-refractivity contribution in [1.82, 2.24) is 4.90 Å². The molecule has 0 aromatic heterocycles. The highest BCUT2D eigenvalue weighted by Crippen LogP contribution is 2.25. The van der Waals surface area contributed by atoms with Gasteiger partial charge in [0.15, 0.2) is 0 Å². The number of amides is 1. The van der Waals surface area contributed by atoms with Crippen molar-refractivity contribution in [2.24, 2.45) is 5.92 Å². The first-order valence-electron chi connectivity index (χ1n) is 8.85. The second-order valence-electron chi connectivity index (χ2n) is 6.93. The maximum absolute atomic E-state index is 12.7. The molecule has 2 heterocycles. The van der Waals surface area contributed by atoms with Gasteiger partial charge in [0.1, 0.15) is 5.60 Å². The van der Waals surface area contributed by atoms with Gasteiger partial charge in [0, 0.05) is 32.6 Å². The van der Waals surface area contributed by atoms with Gasteiger partial charge < -0.3 is 19.5 Å². The summed E-state index contributed by atoms with van der Waals surface area (Å²) in [6, 6.07) is 10.0. The van der Waals surface area contributed by atoms with Crippen LogP contribution in [0.1, 0.15) is 24.8 Å². The van der Waals surface area contributed by atoms with E-state index in [1.807, 2.05) is 35.2 Å². The summed E-state index contributed by atoms with van der Waals surface area (Å²) in [6.45, 7) is 2.99. The van der Waals surface area contributed by atoms with Crippen LogP contribution in [-0.2, 0) is 20.7 Å². The highest BCUT2D eigenvalue weighted by Gasteiger charge is 2.38. The minimum Gasteiger partial charge on any atom is -0.393 e. The Morgan fingerprint density at radius 3 is 2.67 bits per heavy atom. The van der Waals surface area contributed by atoms with Crippen molar-refractivity contribution in [2.45, 2.75) is 31.3 Å². The van der Waals surface area contributed by atoms with E-state index in [9.17, 15) is 9.90 Å². The predicted molar refractivity (Wildman–Crippen MR) is 90.7 cm³/mol. The molecule has 1 atom stereocenters. The average molecular weight is 333 g/mol. The molecule has 2 saturated heterocycles. The summed E-state index contributed by atoms with van der Waals surface area (Å²) in [5.41, 5.74) is 0.426. The van der Waals surface area contributed by atoms with Crippen molar-refractivity contribution in [1.29, 1.82) is 0 Å². The highest BCUT2D eigenvalue weighted by molar-refractivity contribution is 5.76. The lowest BCUT2D eigenvalue weighted by atomic mass is 9.92. The molecular weight excluding hydrogens is 306 g/mol. The van der Waals surface area contributed by atoms with E-state index in [1.54, 1.807) is 0 Å². The molecule has 2 aliphatic heterocycles. The van der Waals surface area contributed by atoms with Gasteiger partial charge in [-0.15, -0.1) is 0 Å². The molecule has 1 amide bonds. The Kier molecular flexibility index (Phi) is 5.87. The van der Waals surface area contributed by atoms with Gasteiger partial charge in [0.05, 0.1) is 19.8 Å². The van der Waals surface area contributed by atoms with E-state index in [2.05, 4.69) is 0 Å². The predicted octanol–water partition coefficient (Wildman–Crippen LogP) is 1.64. The number of carbonyl (C=O) groups excluding carboxylic acids is 1. The lowest BCUT2D eigenvalue weighted by Gasteiger charge is -2.42. The van der Waals surface area contributed by atoms with Crippen molar-refractivity contribution < 1.29 is 19.4 Å². The normalized spacial score (nSPS) is 25.6. The van der Waals surface area contributed by atoms with Gasteiger partial charge in [-0.1, -0.05) is 30.3 Å². The van der Waals surface area contributed by atoms with Crippen LogP contribution >= 0.6 is 0 Å². The molecule has 0 spiro atoms. The van der Waals surface area contributed by atoms with E-state index in [4.69, 9.17) is 9.47 Å². The Hall–Kier alpha value is -1.43. The molecular formula is C19H27NO4. The summed E-state index contributed by atoms with van der Waals surface area (Å²) in [5, 5.41) is 9.94. The lowest BCUT2D eigenvalue weighted by Crippen LogP contribution is -2.57. The Balaban J connectivity index is 1.62. The summed E-state index contributed by atoms with van der Waals surface area (Å²) in [6.07, 6.45) is 3.12. The second kappa shape index (κ2) is 8.10. The number of hydrogen-bond acceptors (Lipinski definition) is 4. The third kappa shape index (κ3) is 4.35. The molecule has 24 heavy (non-hydrogen) atoms. The third-order valence-electron chi connectivity index (χ3n) is 5.06. The Morgan fingerprint density at radius 1 is 1.21 bits per heavy atom. The van der Waals surface area contributed by atoms with E-state index < -0.39 is 5.60 Å². The summed E-state index contributed by atoms with van der Waals surface area (Å²) >= 11 is 0. The number of ether oxygens (including phenoxy) is 2. The minimum atomic E-state index is -0.690. The van der Waals surface area contributed by atoms with Crippen LogP contribution in [0.15, 0.2) is 30.3 Å². The van der Waals surface area contributed by atoms with Gasteiger partial charge >= 0.3 is 0 Å².